The quantitative estimate of drug-likeness (QED) is 0.388. The average Bonchev–Trinajstić information content (AvgIpc) is 2.03. The number of hydrogen-bond acceptors (Lipinski definition) is 3. The molecule has 0 aliphatic carbocycles. The molecular formula is C7H6ClNaO4S. The summed E-state index contributed by atoms with van der Waals surface area (Å²) in [7, 11) is -4.20. The van der Waals surface area contributed by atoms with Gasteiger partial charge in [-0.05, 0) is 35.9 Å². The zero-order chi connectivity index (χ0) is 10.1. The fraction of sp³-hybridized carbons (Fsp3) is 0. The molecule has 1 N–H and O–H groups in total. The SMILES string of the molecule is O=C(Cl)c1ccc(S(=O)(=O)O)cc1.[H-].[Na+]. The Balaban J connectivity index is 0. The summed E-state index contributed by atoms with van der Waals surface area (Å²) in [6.07, 6.45) is 0. The topological polar surface area (TPSA) is 71.4 Å². The van der Waals surface area contributed by atoms with Crippen molar-refractivity contribution in [2.75, 3.05) is 0 Å². The average molecular weight is 245 g/mol. The third kappa shape index (κ3) is 3.68. The van der Waals surface area contributed by atoms with Crippen LogP contribution in [0.25, 0.3) is 0 Å². The summed E-state index contributed by atoms with van der Waals surface area (Å²) in [5.74, 6) is 0. The van der Waals surface area contributed by atoms with E-state index in [-0.39, 0.29) is 41.4 Å². The molecule has 0 radical (unpaired) electrons. The monoisotopic (exact) mass is 244 g/mol. The molecule has 0 heterocycles. The van der Waals surface area contributed by atoms with E-state index in [1.54, 1.807) is 0 Å². The molecule has 0 aromatic heterocycles. The molecule has 0 saturated carbocycles. The Hall–Kier alpha value is 0.0900. The van der Waals surface area contributed by atoms with E-state index in [4.69, 9.17) is 16.2 Å². The van der Waals surface area contributed by atoms with Crippen molar-refractivity contribution in [3.05, 3.63) is 29.8 Å². The van der Waals surface area contributed by atoms with Crippen LogP contribution in [0.2, 0.25) is 0 Å². The molecule has 1 aromatic carbocycles. The van der Waals surface area contributed by atoms with Crippen LogP contribution in [-0.2, 0) is 10.1 Å². The second-order valence-corrected chi connectivity index (χ2v) is 4.04. The van der Waals surface area contributed by atoms with Crippen molar-refractivity contribution in [2.45, 2.75) is 4.90 Å². The van der Waals surface area contributed by atoms with E-state index in [0.29, 0.717) is 0 Å². The van der Waals surface area contributed by atoms with Crippen LogP contribution in [0.15, 0.2) is 29.2 Å². The van der Waals surface area contributed by atoms with Gasteiger partial charge in [-0.1, -0.05) is 0 Å². The van der Waals surface area contributed by atoms with Crippen LogP contribution in [-0.4, -0.2) is 18.2 Å². The minimum Gasteiger partial charge on any atom is -1.00 e. The van der Waals surface area contributed by atoms with Crippen molar-refractivity contribution in [3.8, 4) is 0 Å². The van der Waals surface area contributed by atoms with Gasteiger partial charge >= 0.3 is 29.6 Å². The third-order valence-corrected chi connectivity index (χ3v) is 2.47. The molecule has 72 valence electrons. The van der Waals surface area contributed by atoms with Gasteiger partial charge in [0.2, 0.25) is 0 Å². The van der Waals surface area contributed by atoms with Crippen LogP contribution < -0.4 is 29.6 Å². The predicted molar refractivity (Wildman–Crippen MR) is 47.6 cm³/mol. The first kappa shape index (κ1) is 14.1. The molecule has 4 nitrogen and oxygen atoms in total. The molecule has 0 aliphatic rings. The standard InChI is InChI=1S/C7H5ClO4S.Na.H/c8-7(9)5-1-3-6(4-2-5)13(10,11)12;;/h1-4H,(H,10,11,12);;/q;+1;-1. The minimum absolute atomic E-state index is 0. The molecular weight excluding hydrogens is 239 g/mol. The van der Waals surface area contributed by atoms with E-state index in [2.05, 4.69) is 0 Å². The summed E-state index contributed by atoms with van der Waals surface area (Å²) < 4.78 is 29.7. The van der Waals surface area contributed by atoms with Gasteiger partial charge in [0.1, 0.15) is 0 Å². The zero-order valence-electron chi connectivity index (χ0n) is 8.27. The smallest absolute Gasteiger partial charge is 1.00 e. The largest absolute Gasteiger partial charge is 1.00 e. The third-order valence-electron chi connectivity index (χ3n) is 1.38. The molecule has 1 aromatic rings. The summed E-state index contributed by atoms with van der Waals surface area (Å²) >= 11 is 5.12. The summed E-state index contributed by atoms with van der Waals surface area (Å²) in [6.45, 7) is 0. The molecule has 0 atom stereocenters. The van der Waals surface area contributed by atoms with Gasteiger partial charge in [-0.2, -0.15) is 8.42 Å². The summed E-state index contributed by atoms with van der Waals surface area (Å²) in [4.78, 5) is 10.3. The van der Waals surface area contributed by atoms with E-state index < -0.39 is 15.4 Å². The van der Waals surface area contributed by atoms with E-state index in [9.17, 15) is 13.2 Å². The number of hydrogen-bond donors (Lipinski definition) is 1. The molecule has 1 rings (SSSR count). The minimum atomic E-state index is -4.20. The fourth-order valence-electron chi connectivity index (χ4n) is 0.758. The molecule has 0 bridgehead atoms. The maximum Gasteiger partial charge on any atom is 1.00 e. The normalized spacial score (nSPS) is 10.4. The fourth-order valence-corrected chi connectivity index (χ4v) is 1.36. The van der Waals surface area contributed by atoms with Gasteiger partial charge in [-0.25, -0.2) is 0 Å². The molecule has 7 heteroatoms. The number of carbonyl (C=O) groups excluding carboxylic acids is 1. The Morgan fingerprint density at radius 2 is 1.71 bits per heavy atom. The van der Waals surface area contributed by atoms with Gasteiger partial charge in [0.25, 0.3) is 15.4 Å². The van der Waals surface area contributed by atoms with E-state index in [1.807, 2.05) is 0 Å². The Morgan fingerprint density at radius 3 is 2.00 bits per heavy atom. The van der Waals surface area contributed by atoms with E-state index >= 15 is 0 Å². The van der Waals surface area contributed by atoms with Crippen molar-refractivity contribution in [1.82, 2.24) is 0 Å². The van der Waals surface area contributed by atoms with Crippen molar-refractivity contribution in [2.24, 2.45) is 0 Å². The van der Waals surface area contributed by atoms with Crippen LogP contribution >= 0.6 is 11.6 Å². The molecule has 0 aliphatic heterocycles. The second kappa shape index (κ2) is 5.25. The van der Waals surface area contributed by atoms with Crippen molar-refractivity contribution >= 4 is 27.0 Å². The maximum absolute atomic E-state index is 10.6. The Kier molecular flexibility index (Phi) is 5.28. The number of halogens is 1. The molecule has 0 spiro atoms. The van der Waals surface area contributed by atoms with Gasteiger partial charge < -0.3 is 1.43 Å². The molecule has 0 saturated heterocycles. The van der Waals surface area contributed by atoms with Crippen molar-refractivity contribution < 1.29 is 48.7 Å². The maximum atomic E-state index is 10.6. The van der Waals surface area contributed by atoms with E-state index in [1.165, 1.54) is 12.1 Å². The first-order valence-corrected chi connectivity index (χ1v) is 5.00. The summed E-state index contributed by atoms with van der Waals surface area (Å²) in [5, 5.41) is -0.679. The zero-order valence-corrected chi connectivity index (χ0v) is 10.8. The first-order chi connectivity index (χ1) is 5.91. The van der Waals surface area contributed by atoms with Gasteiger partial charge in [0.15, 0.2) is 0 Å². The summed E-state index contributed by atoms with van der Waals surface area (Å²) in [6, 6.07) is 4.65. The van der Waals surface area contributed by atoms with Gasteiger partial charge in [-0.3, -0.25) is 9.35 Å². The first-order valence-electron chi connectivity index (χ1n) is 3.18. The second-order valence-electron chi connectivity index (χ2n) is 2.27. The summed E-state index contributed by atoms with van der Waals surface area (Å²) in [5.41, 5.74) is 0.175. The molecule has 0 amide bonds. The van der Waals surface area contributed by atoms with Crippen molar-refractivity contribution in [1.29, 1.82) is 0 Å². The predicted octanol–water partition coefficient (Wildman–Crippen LogP) is -1.57. The van der Waals surface area contributed by atoms with Gasteiger partial charge in [-0.15, -0.1) is 0 Å². The van der Waals surface area contributed by atoms with Gasteiger partial charge in [0.05, 0.1) is 4.90 Å². The van der Waals surface area contributed by atoms with Crippen LogP contribution in [0.3, 0.4) is 0 Å². The number of benzene rings is 1. The molecule has 0 fully saturated rings. The molecule has 0 unspecified atom stereocenters. The van der Waals surface area contributed by atoms with Crippen LogP contribution in [0.1, 0.15) is 11.8 Å². The van der Waals surface area contributed by atoms with Crippen LogP contribution in [0, 0.1) is 0 Å². The Labute approximate surface area is 110 Å². The van der Waals surface area contributed by atoms with Crippen molar-refractivity contribution in [3.63, 3.8) is 0 Å². The number of carbonyl (C=O) groups is 1. The molecule has 14 heavy (non-hydrogen) atoms. The van der Waals surface area contributed by atoms with Crippen LogP contribution in [0.5, 0.6) is 0 Å². The van der Waals surface area contributed by atoms with E-state index in [0.717, 1.165) is 12.1 Å². The van der Waals surface area contributed by atoms with Gasteiger partial charge in [0, 0.05) is 5.56 Å². The number of rotatable bonds is 2. The Bertz CT molecular complexity index is 431. The van der Waals surface area contributed by atoms with Crippen LogP contribution in [0.4, 0.5) is 0 Å². The Morgan fingerprint density at radius 1 is 1.29 bits per heavy atom.